The van der Waals surface area contributed by atoms with Crippen molar-refractivity contribution in [3.8, 4) is 0 Å². The van der Waals surface area contributed by atoms with Crippen LogP contribution in [0.2, 0.25) is 5.02 Å². The van der Waals surface area contributed by atoms with Gasteiger partial charge in [0.05, 0.1) is 24.2 Å². The van der Waals surface area contributed by atoms with Gasteiger partial charge in [-0.2, -0.15) is 5.10 Å². The average molecular weight is 359 g/mol. The number of carbonyl (C=O) groups is 1. The molecule has 1 aliphatic rings. The Morgan fingerprint density at radius 2 is 2.00 bits per heavy atom. The molecule has 1 fully saturated rings. The van der Waals surface area contributed by atoms with Gasteiger partial charge in [0.1, 0.15) is 10.8 Å². The summed E-state index contributed by atoms with van der Waals surface area (Å²) in [5, 5.41) is 6.13. The van der Waals surface area contributed by atoms with E-state index in [1.54, 1.807) is 4.52 Å². The summed E-state index contributed by atoms with van der Waals surface area (Å²) in [5.41, 5.74) is 2.41. The topological polar surface area (TPSA) is 59.7 Å². The molecule has 3 heterocycles. The lowest BCUT2D eigenvalue weighted by Gasteiger charge is -2.32. The second-order valence-electron chi connectivity index (χ2n) is 6.37. The molecule has 0 saturated carbocycles. The Labute approximate surface area is 150 Å². The standard InChI is InChI=1S/C18H19ClN4O2/c1-11-15(19)17-20-16(13-5-3-4-6-14(13)23(17)21-11)22-9-7-12(8-10-22)18(24)25-2/h3-6,12H,7-10H2,1-2H3. The molecule has 6 nitrogen and oxygen atoms in total. The molecule has 7 heteroatoms. The maximum absolute atomic E-state index is 11.8. The fourth-order valence-corrected chi connectivity index (χ4v) is 3.66. The average Bonchev–Trinajstić information content (AvgIpc) is 2.95. The second-order valence-corrected chi connectivity index (χ2v) is 6.75. The zero-order valence-corrected chi connectivity index (χ0v) is 15.0. The minimum absolute atomic E-state index is 0.0305. The van der Waals surface area contributed by atoms with Crippen LogP contribution in [0.5, 0.6) is 0 Å². The number of esters is 1. The molecule has 0 aliphatic carbocycles. The summed E-state index contributed by atoms with van der Waals surface area (Å²) < 4.78 is 6.68. The van der Waals surface area contributed by atoms with Crippen molar-refractivity contribution >= 4 is 39.9 Å². The number of ether oxygens (including phenoxy) is 1. The van der Waals surface area contributed by atoms with E-state index in [9.17, 15) is 4.79 Å². The third kappa shape index (κ3) is 2.61. The molecule has 3 aromatic rings. The summed E-state index contributed by atoms with van der Waals surface area (Å²) >= 11 is 6.41. The molecule has 1 aliphatic heterocycles. The summed E-state index contributed by atoms with van der Waals surface area (Å²) in [5.74, 6) is 0.743. The van der Waals surface area contributed by atoms with Gasteiger partial charge >= 0.3 is 5.97 Å². The number of aryl methyl sites for hydroxylation is 1. The van der Waals surface area contributed by atoms with E-state index in [1.165, 1.54) is 7.11 Å². The highest BCUT2D eigenvalue weighted by atomic mass is 35.5. The van der Waals surface area contributed by atoms with E-state index in [-0.39, 0.29) is 11.9 Å². The van der Waals surface area contributed by atoms with Gasteiger partial charge in [-0.1, -0.05) is 23.7 Å². The van der Waals surface area contributed by atoms with Crippen LogP contribution in [0.1, 0.15) is 18.5 Å². The maximum atomic E-state index is 11.8. The van der Waals surface area contributed by atoms with Crippen molar-refractivity contribution in [2.45, 2.75) is 19.8 Å². The Kier molecular flexibility index (Phi) is 4.00. The number of rotatable bonds is 2. The minimum Gasteiger partial charge on any atom is -0.469 e. The number of piperidine rings is 1. The highest BCUT2D eigenvalue weighted by molar-refractivity contribution is 6.34. The van der Waals surface area contributed by atoms with Crippen molar-refractivity contribution in [2.75, 3.05) is 25.1 Å². The van der Waals surface area contributed by atoms with Gasteiger partial charge in [0.2, 0.25) is 0 Å². The molecule has 0 unspecified atom stereocenters. The highest BCUT2D eigenvalue weighted by Gasteiger charge is 2.27. The number of para-hydroxylation sites is 1. The summed E-state index contributed by atoms with van der Waals surface area (Å²) in [7, 11) is 1.45. The zero-order valence-electron chi connectivity index (χ0n) is 14.2. The quantitative estimate of drug-likeness (QED) is 0.658. The first-order valence-corrected chi connectivity index (χ1v) is 8.74. The molecule has 0 spiro atoms. The normalized spacial score (nSPS) is 15.9. The van der Waals surface area contributed by atoms with Gasteiger partial charge in [0.15, 0.2) is 5.65 Å². The van der Waals surface area contributed by atoms with Crippen LogP contribution in [0, 0.1) is 12.8 Å². The lowest BCUT2D eigenvalue weighted by molar-refractivity contribution is -0.146. The van der Waals surface area contributed by atoms with E-state index in [2.05, 4.69) is 16.1 Å². The Hall–Kier alpha value is -2.34. The molecule has 0 atom stereocenters. The minimum atomic E-state index is -0.123. The third-order valence-corrected chi connectivity index (χ3v) is 5.32. The lowest BCUT2D eigenvalue weighted by Crippen LogP contribution is -2.37. The van der Waals surface area contributed by atoms with Gasteiger partial charge in [-0.3, -0.25) is 4.79 Å². The van der Waals surface area contributed by atoms with Gasteiger partial charge in [-0.05, 0) is 31.9 Å². The Morgan fingerprint density at radius 1 is 1.28 bits per heavy atom. The number of hydrogen-bond acceptors (Lipinski definition) is 5. The molecule has 0 radical (unpaired) electrons. The van der Waals surface area contributed by atoms with E-state index >= 15 is 0 Å². The third-order valence-electron chi connectivity index (χ3n) is 4.88. The number of anilines is 1. The fourth-order valence-electron chi connectivity index (χ4n) is 3.50. The number of nitrogens with zero attached hydrogens (tertiary/aromatic N) is 4. The van der Waals surface area contributed by atoms with Crippen molar-refractivity contribution in [3.63, 3.8) is 0 Å². The zero-order chi connectivity index (χ0) is 17.6. The Balaban J connectivity index is 1.79. The predicted molar refractivity (Wildman–Crippen MR) is 97.2 cm³/mol. The fraction of sp³-hybridized carbons (Fsp3) is 0.389. The SMILES string of the molecule is COC(=O)C1CCN(c2nc3c(Cl)c(C)nn3c3ccccc23)CC1. The number of carbonyl (C=O) groups excluding carboxylic acids is 1. The van der Waals surface area contributed by atoms with Crippen molar-refractivity contribution in [1.82, 2.24) is 14.6 Å². The van der Waals surface area contributed by atoms with Crippen LogP contribution >= 0.6 is 11.6 Å². The number of aromatic nitrogens is 3. The van der Waals surface area contributed by atoms with Crippen molar-refractivity contribution in [3.05, 3.63) is 35.0 Å². The molecule has 130 valence electrons. The van der Waals surface area contributed by atoms with Gasteiger partial charge in [0, 0.05) is 18.5 Å². The number of benzene rings is 1. The highest BCUT2D eigenvalue weighted by Crippen LogP contribution is 2.32. The van der Waals surface area contributed by atoms with Crippen LogP contribution in [-0.2, 0) is 9.53 Å². The molecule has 4 rings (SSSR count). The van der Waals surface area contributed by atoms with E-state index in [4.69, 9.17) is 21.3 Å². The van der Waals surface area contributed by atoms with Crippen LogP contribution in [0.25, 0.3) is 16.6 Å². The van der Waals surface area contributed by atoms with E-state index in [0.29, 0.717) is 10.7 Å². The summed E-state index contributed by atoms with van der Waals surface area (Å²) in [4.78, 5) is 18.8. The molecular weight excluding hydrogens is 340 g/mol. The molecule has 25 heavy (non-hydrogen) atoms. The predicted octanol–water partition coefficient (Wildman–Crippen LogP) is 3.23. The van der Waals surface area contributed by atoms with Crippen LogP contribution in [0.3, 0.4) is 0 Å². The second kappa shape index (κ2) is 6.19. The Bertz CT molecular complexity index is 961. The van der Waals surface area contributed by atoms with Crippen molar-refractivity contribution in [2.24, 2.45) is 5.92 Å². The first-order chi connectivity index (χ1) is 12.1. The van der Waals surface area contributed by atoms with Crippen LogP contribution in [-0.4, -0.2) is 40.8 Å². The smallest absolute Gasteiger partial charge is 0.308 e. The summed E-state index contributed by atoms with van der Waals surface area (Å²) in [6.07, 6.45) is 1.53. The van der Waals surface area contributed by atoms with Crippen molar-refractivity contribution < 1.29 is 9.53 Å². The summed E-state index contributed by atoms with van der Waals surface area (Å²) in [6, 6.07) is 8.06. The molecule has 0 N–H and O–H groups in total. The number of halogens is 1. The molecule has 1 saturated heterocycles. The van der Waals surface area contributed by atoms with Gasteiger partial charge in [-0.15, -0.1) is 0 Å². The molecular formula is C18H19ClN4O2. The van der Waals surface area contributed by atoms with E-state index in [1.807, 2.05) is 25.1 Å². The molecule has 1 aromatic carbocycles. The van der Waals surface area contributed by atoms with E-state index in [0.717, 1.165) is 48.3 Å². The largest absolute Gasteiger partial charge is 0.469 e. The van der Waals surface area contributed by atoms with Crippen LogP contribution < -0.4 is 4.90 Å². The lowest BCUT2D eigenvalue weighted by atomic mass is 9.97. The molecule has 0 amide bonds. The van der Waals surface area contributed by atoms with Gasteiger partial charge < -0.3 is 9.64 Å². The van der Waals surface area contributed by atoms with Gasteiger partial charge in [0.25, 0.3) is 0 Å². The van der Waals surface area contributed by atoms with Crippen LogP contribution in [0.15, 0.2) is 24.3 Å². The monoisotopic (exact) mass is 358 g/mol. The van der Waals surface area contributed by atoms with Crippen LogP contribution in [0.4, 0.5) is 5.82 Å². The molecule has 0 bridgehead atoms. The first kappa shape index (κ1) is 16.1. The number of hydrogen-bond donors (Lipinski definition) is 0. The number of fused-ring (bicyclic) bond motifs is 3. The van der Waals surface area contributed by atoms with E-state index < -0.39 is 0 Å². The molecule has 2 aromatic heterocycles. The number of methoxy groups -OCH3 is 1. The van der Waals surface area contributed by atoms with Gasteiger partial charge in [-0.25, -0.2) is 9.50 Å². The first-order valence-electron chi connectivity index (χ1n) is 8.36. The Morgan fingerprint density at radius 3 is 2.72 bits per heavy atom. The summed E-state index contributed by atoms with van der Waals surface area (Å²) in [6.45, 7) is 3.41. The van der Waals surface area contributed by atoms with Crippen molar-refractivity contribution in [1.29, 1.82) is 0 Å². The maximum Gasteiger partial charge on any atom is 0.308 e.